The van der Waals surface area contributed by atoms with Gasteiger partial charge in [0.25, 0.3) is 0 Å². The molecule has 1 atom stereocenters. The number of rotatable bonds is 7. The normalized spacial score (nSPS) is 12.6. The van der Waals surface area contributed by atoms with Crippen molar-refractivity contribution in [2.45, 2.75) is 49.7 Å². The Hall–Kier alpha value is -1.40. The van der Waals surface area contributed by atoms with E-state index in [9.17, 15) is 0 Å². The molecule has 2 aromatic rings. The molecule has 0 bridgehead atoms. The van der Waals surface area contributed by atoms with E-state index < -0.39 is 0 Å². The van der Waals surface area contributed by atoms with Crippen LogP contribution in [0.5, 0.6) is 0 Å². The van der Waals surface area contributed by atoms with Gasteiger partial charge in [-0.05, 0) is 50.2 Å². The van der Waals surface area contributed by atoms with Gasteiger partial charge in [0.05, 0.1) is 5.69 Å². The summed E-state index contributed by atoms with van der Waals surface area (Å²) in [5.41, 5.74) is 1.09. The van der Waals surface area contributed by atoms with Crippen LogP contribution in [0.1, 0.15) is 44.2 Å². The van der Waals surface area contributed by atoms with Gasteiger partial charge in [-0.25, -0.2) is 4.98 Å². The van der Waals surface area contributed by atoms with E-state index in [-0.39, 0.29) is 0 Å². The van der Waals surface area contributed by atoms with E-state index >= 15 is 0 Å². The number of aromatic nitrogens is 4. The molecule has 6 heteroatoms. The van der Waals surface area contributed by atoms with Crippen LogP contribution in [0.2, 0.25) is 0 Å². The summed E-state index contributed by atoms with van der Waals surface area (Å²) in [6, 6.07) is 4.49. The average Bonchev–Trinajstić information content (AvgIpc) is 2.86. The van der Waals surface area contributed by atoms with Crippen molar-refractivity contribution < 1.29 is 0 Å². The first kappa shape index (κ1) is 15.0. The van der Waals surface area contributed by atoms with Crippen LogP contribution in [0.3, 0.4) is 0 Å². The highest BCUT2D eigenvalue weighted by molar-refractivity contribution is 7.99. The summed E-state index contributed by atoms with van der Waals surface area (Å²) in [7, 11) is 0. The highest BCUT2D eigenvalue weighted by Crippen LogP contribution is 2.25. The standard InChI is InChI=1S/C14H21N5S/c1-4-8-15-12(5-2)13-7-6-11(9-16-13)20-14-17-10(3)18-19-14/h6-7,9,12,15H,4-5,8H2,1-3H3,(H,17,18,19). The predicted molar refractivity (Wildman–Crippen MR) is 80.8 cm³/mol. The number of pyridine rings is 1. The van der Waals surface area contributed by atoms with E-state index in [2.05, 4.69) is 51.5 Å². The molecule has 108 valence electrons. The van der Waals surface area contributed by atoms with Crippen LogP contribution < -0.4 is 5.32 Å². The summed E-state index contributed by atoms with van der Waals surface area (Å²) >= 11 is 1.52. The zero-order valence-electron chi connectivity index (χ0n) is 12.2. The van der Waals surface area contributed by atoms with Crippen molar-refractivity contribution in [2.75, 3.05) is 6.54 Å². The molecule has 0 fully saturated rings. The van der Waals surface area contributed by atoms with Crippen LogP contribution >= 0.6 is 11.8 Å². The predicted octanol–water partition coefficient (Wildman–Crippen LogP) is 3.11. The minimum absolute atomic E-state index is 0.333. The van der Waals surface area contributed by atoms with Gasteiger partial charge in [-0.3, -0.25) is 10.1 Å². The van der Waals surface area contributed by atoms with E-state index in [1.165, 1.54) is 11.8 Å². The fraction of sp³-hybridized carbons (Fsp3) is 0.500. The van der Waals surface area contributed by atoms with Crippen LogP contribution in [-0.4, -0.2) is 26.7 Å². The van der Waals surface area contributed by atoms with Crippen molar-refractivity contribution in [3.05, 3.63) is 29.8 Å². The highest BCUT2D eigenvalue weighted by Gasteiger charge is 2.10. The van der Waals surface area contributed by atoms with E-state index in [4.69, 9.17) is 0 Å². The topological polar surface area (TPSA) is 66.5 Å². The third-order valence-corrected chi connectivity index (χ3v) is 3.79. The molecule has 2 rings (SSSR count). The zero-order valence-corrected chi connectivity index (χ0v) is 13.0. The molecule has 20 heavy (non-hydrogen) atoms. The molecule has 2 aromatic heterocycles. The first-order chi connectivity index (χ1) is 9.72. The maximum absolute atomic E-state index is 4.56. The number of hydrogen-bond acceptors (Lipinski definition) is 5. The molecule has 0 aliphatic carbocycles. The summed E-state index contributed by atoms with van der Waals surface area (Å²) in [5, 5.41) is 11.2. The Morgan fingerprint density at radius 1 is 1.35 bits per heavy atom. The maximum Gasteiger partial charge on any atom is 0.213 e. The average molecular weight is 291 g/mol. The molecule has 0 aliphatic rings. The molecule has 5 nitrogen and oxygen atoms in total. The number of nitrogens with one attached hydrogen (secondary N) is 2. The number of nitrogens with zero attached hydrogens (tertiary/aromatic N) is 3. The van der Waals surface area contributed by atoms with Crippen molar-refractivity contribution in [2.24, 2.45) is 0 Å². The molecule has 0 saturated carbocycles. The second-order valence-corrected chi connectivity index (χ2v) is 5.68. The molecule has 0 spiro atoms. The largest absolute Gasteiger partial charge is 0.309 e. The van der Waals surface area contributed by atoms with Gasteiger partial charge in [0.15, 0.2) is 0 Å². The molecular weight excluding hydrogens is 270 g/mol. The van der Waals surface area contributed by atoms with E-state index in [0.29, 0.717) is 6.04 Å². The lowest BCUT2D eigenvalue weighted by atomic mass is 10.1. The van der Waals surface area contributed by atoms with Crippen molar-refractivity contribution in [1.82, 2.24) is 25.5 Å². The van der Waals surface area contributed by atoms with E-state index in [1.54, 1.807) is 0 Å². The van der Waals surface area contributed by atoms with Crippen LogP contribution in [0.25, 0.3) is 0 Å². The van der Waals surface area contributed by atoms with Crippen molar-refractivity contribution in [3.8, 4) is 0 Å². The quantitative estimate of drug-likeness (QED) is 0.820. The van der Waals surface area contributed by atoms with Gasteiger partial charge < -0.3 is 5.32 Å². The molecule has 0 amide bonds. The molecule has 0 aliphatic heterocycles. The molecule has 2 N–H and O–H groups in total. The van der Waals surface area contributed by atoms with Gasteiger partial charge in [-0.15, -0.1) is 5.10 Å². The van der Waals surface area contributed by atoms with Gasteiger partial charge in [-0.2, -0.15) is 0 Å². The van der Waals surface area contributed by atoms with Crippen LogP contribution in [0.15, 0.2) is 28.4 Å². The molecule has 1 unspecified atom stereocenters. The Balaban J connectivity index is 2.01. The number of aromatic amines is 1. The Bertz CT molecular complexity index is 523. The summed E-state index contributed by atoms with van der Waals surface area (Å²) in [6.45, 7) is 7.26. The third-order valence-electron chi connectivity index (χ3n) is 2.95. The lowest BCUT2D eigenvalue weighted by molar-refractivity contribution is 0.507. The fourth-order valence-corrected chi connectivity index (χ4v) is 2.63. The fourth-order valence-electron chi connectivity index (χ4n) is 1.91. The van der Waals surface area contributed by atoms with Gasteiger partial charge in [0, 0.05) is 17.1 Å². The Morgan fingerprint density at radius 3 is 2.75 bits per heavy atom. The summed E-state index contributed by atoms with van der Waals surface area (Å²) in [5.74, 6) is 0.826. The van der Waals surface area contributed by atoms with Crippen molar-refractivity contribution in [1.29, 1.82) is 0 Å². The number of aryl methyl sites for hydroxylation is 1. The lowest BCUT2D eigenvalue weighted by Crippen LogP contribution is -2.22. The molecule has 0 aromatic carbocycles. The van der Waals surface area contributed by atoms with Gasteiger partial charge >= 0.3 is 0 Å². The molecule has 0 saturated heterocycles. The maximum atomic E-state index is 4.56. The van der Waals surface area contributed by atoms with Crippen molar-refractivity contribution >= 4 is 11.8 Å². The SMILES string of the molecule is CCCNC(CC)c1ccc(Sc2n[nH]c(C)n2)cn1. The molecular formula is C14H21N5S. The molecule has 2 heterocycles. The monoisotopic (exact) mass is 291 g/mol. The highest BCUT2D eigenvalue weighted by atomic mass is 32.2. The van der Waals surface area contributed by atoms with Crippen LogP contribution in [0, 0.1) is 6.92 Å². The Morgan fingerprint density at radius 2 is 2.20 bits per heavy atom. The lowest BCUT2D eigenvalue weighted by Gasteiger charge is -2.15. The van der Waals surface area contributed by atoms with Gasteiger partial charge in [0.2, 0.25) is 5.16 Å². The van der Waals surface area contributed by atoms with E-state index in [0.717, 1.165) is 41.0 Å². The zero-order chi connectivity index (χ0) is 14.4. The summed E-state index contributed by atoms with van der Waals surface area (Å²) < 4.78 is 0. The third kappa shape index (κ3) is 4.05. The second kappa shape index (κ2) is 7.40. The first-order valence-electron chi connectivity index (χ1n) is 6.99. The Kier molecular flexibility index (Phi) is 5.55. The summed E-state index contributed by atoms with van der Waals surface area (Å²) in [4.78, 5) is 9.89. The van der Waals surface area contributed by atoms with Gasteiger partial charge in [0.1, 0.15) is 5.82 Å². The van der Waals surface area contributed by atoms with Crippen LogP contribution in [-0.2, 0) is 0 Å². The van der Waals surface area contributed by atoms with E-state index in [1.807, 2.05) is 13.1 Å². The number of hydrogen-bond donors (Lipinski definition) is 2. The van der Waals surface area contributed by atoms with Crippen LogP contribution in [0.4, 0.5) is 0 Å². The smallest absolute Gasteiger partial charge is 0.213 e. The minimum atomic E-state index is 0.333. The first-order valence-corrected chi connectivity index (χ1v) is 7.80. The van der Waals surface area contributed by atoms with Crippen molar-refractivity contribution in [3.63, 3.8) is 0 Å². The van der Waals surface area contributed by atoms with Gasteiger partial charge in [-0.1, -0.05) is 13.8 Å². The molecule has 0 radical (unpaired) electrons. The second-order valence-electron chi connectivity index (χ2n) is 4.64. The number of H-pyrrole nitrogens is 1. The summed E-state index contributed by atoms with van der Waals surface area (Å²) in [6.07, 6.45) is 4.07. The minimum Gasteiger partial charge on any atom is -0.309 e. The Labute approximate surface area is 124 Å².